The van der Waals surface area contributed by atoms with E-state index in [1.54, 1.807) is 0 Å². The first-order chi connectivity index (χ1) is 6.93. The third-order valence-electron chi connectivity index (χ3n) is 0. The molecule has 0 unspecified atom stereocenters. The van der Waals surface area contributed by atoms with Crippen LogP contribution in [0, 0.1) is 61.3 Å². The van der Waals surface area contributed by atoms with E-state index >= 15 is 0 Å². The SMILES string of the molecule is N.N.N.N.O=[N+]([O-])[O-].O=[N+]([O-])[O-].O=[N+]([O-])[O-].O=[N+]([O-])[O-].[Ru+4]. The molecule has 21 heteroatoms. The van der Waals surface area contributed by atoms with Crippen molar-refractivity contribution in [1.29, 1.82) is 0 Å². The maximum absolute atomic E-state index is 8.25. The third-order valence-corrected chi connectivity index (χ3v) is 0. The zero-order valence-electron chi connectivity index (χ0n) is 9.87. The fourth-order valence-corrected chi connectivity index (χ4v) is 0. The molecule has 0 atom stereocenters. The molecule has 0 heterocycles. The minimum absolute atomic E-state index is 0. The Balaban J connectivity index is -0.0000000121. The Morgan fingerprint density at radius 1 is 0.381 bits per heavy atom. The van der Waals surface area contributed by atoms with Crippen LogP contribution in [0.5, 0.6) is 0 Å². The van der Waals surface area contributed by atoms with Crippen molar-refractivity contribution in [2.75, 3.05) is 0 Å². The van der Waals surface area contributed by atoms with Crippen molar-refractivity contribution >= 4 is 0 Å². The maximum Gasteiger partial charge on any atom is 4.00 e. The molecular weight excluding hydrogens is 405 g/mol. The Morgan fingerprint density at radius 2 is 0.381 bits per heavy atom. The van der Waals surface area contributed by atoms with E-state index < -0.39 is 20.3 Å². The fourth-order valence-electron chi connectivity index (χ4n) is 0. The molecule has 0 fully saturated rings. The van der Waals surface area contributed by atoms with Gasteiger partial charge in [-0.3, -0.25) is 0 Å². The van der Waals surface area contributed by atoms with Crippen LogP contribution in [0.2, 0.25) is 0 Å². The molecular formula is H12N8O12Ru. The average Bonchev–Trinajstić information content (AvgIpc) is 1.76. The van der Waals surface area contributed by atoms with Gasteiger partial charge in [0.1, 0.15) is 0 Å². The average molecular weight is 417 g/mol. The van der Waals surface area contributed by atoms with Gasteiger partial charge in [0, 0.05) is 0 Å². The molecule has 0 aliphatic heterocycles. The van der Waals surface area contributed by atoms with Crippen molar-refractivity contribution in [1.82, 2.24) is 24.6 Å². The first-order valence-corrected chi connectivity index (χ1v) is 2.19. The van der Waals surface area contributed by atoms with Gasteiger partial charge in [0.25, 0.3) is 0 Å². The fraction of sp³-hybridized carbons (Fsp3) is 0. The molecule has 0 aromatic heterocycles. The number of hydrogen-bond acceptors (Lipinski definition) is 16. The summed E-state index contributed by atoms with van der Waals surface area (Å²) in [6.07, 6.45) is 0. The minimum Gasteiger partial charge on any atom is -0.356 e. The van der Waals surface area contributed by atoms with E-state index in [1.807, 2.05) is 0 Å². The van der Waals surface area contributed by atoms with E-state index in [1.165, 1.54) is 0 Å². The first-order valence-electron chi connectivity index (χ1n) is 2.19. The molecule has 0 rings (SSSR count). The van der Waals surface area contributed by atoms with Crippen LogP contribution in [-0.4, -0.2) is 20.3 Å². The van der Waals surface area contributed by atoms with Crippen LogP contribution in [0.25, 0.3) is 0 Å². The Morgan fingerprint density at radius 3 is 0.381 bits per heavy atom. The Labute approximate surface area is 126 Å². The maximum atomic E-state index is 8.25. The normalized spacial score (nSPS) is 4.57. The van der Waals surface area contributed by atoms with E-state index in [0.717, 1.165) is 0 Å². The number of hydrogen-bond donors (Lipinski definition) is 4. The van der Waals surface area contributed by atoms with Gasteiger partial charge in [0.2, 0.25) is 0 Å². The molecule has 12 N–H and O–H groups in total. The molecule has 0 spiro atoms. The number of rotatable bonds is 0. The summed E-state index contributed by atoms with van der Waals surface area (Å²) in [4.78, 5) is 33.0. The van der Waals surface area contributed by atoms with Crippen LogP contribution >= 0.6 is 0 Å². The third kappa shape index (κ3) is 537. The molecule has 0 aromatic rings. The Hall–Kier alpha value is -2.74. The van der Waals surface area contributed by atoms with Crippen LogP contribution in [0.15, 0.2) is 0 Å². The summed E-state index contributed by atoms with van der Waals surface area (Å²) in [7, 11) is 0. The van der Waals surface area contributed by atoms with Crippen LogP contribution < -0.4 is 24.6 Å². The first kappa shape index (κ1) is 63.4. The van der Waals surface area contributed by atoms with Gasteiger partial charge in [0.15, 0.2) is 0 Å². The van der Waals surface area contributed by atoms with Crippen LogP contribution in [-0.2, 0) is 19.5 Å². The molecule has 0 aliphatic carbocycles. The molecule has 0 saturated carbocycles. The van der Waals surface area contributed by atoms with Gasteiger partial charge < -0.3 is 85.9 Å². The smallest absolute Gasteiger partial charge is 0.356 e. The van der Waals surface area contributed by atoms with Gasteiger partial charge in [-0.1, -0.05) is 0 Å². The van der Waals surface area contributed by atoms with Gasteiger partial charge in [-0.05, 0) is 0 Å². The zero-order chi connectivity index (χ0) is 14.3. The second kappa shape index (κ2) is 53.2. The second-order valence-electron chi connectivity index (χ2n) is 0.894. The van der Waals surface area contributed by atoms with Gasteiger partial charge in [-0.2, -0.15) is 0 Å². The summed E-state index contributed by atoms with van der Waals surface area (Å²) in [6.45, 7) is 0. The summed E-state index contributed by atoms with van der Waals surface area (Å²) >= 11 is 0. The molecule has 20 nitrogen and oxygen atoms in total. The summed E-state index contributed by atoms with van der Waals surface area (Å²) in [5.41, 5.74) is 0. The van der Waals surface area contributed by atoms with Crippen molar-refractivity contribution in [3.05, 3.63) is 61.3 Å². The molecule has 132 valence electrons. The predicted molar refractivity (Wildman–Crippen MR) is 61.5 cm³/mol. The summed E-state index contributed by atoms with van der Waals surface area (Å²) < 4.78 is 0. The van der Waals surface area contributed by atoms with E-state index in [0.29, 0.717) is 0 Å². The molecule has 0 saturated heterocycles. The van der Waals surface area contributed by atoms with Crippen molar-refractivity contribution in [2.45, 2.75) is 0 Å². The number of nitrogens with zero attached hydrogens (tertiary/aromatic N) is 4. The summed E-state index contributed by atoms with van der Waals surface area (Å²) in [5.74, 6) is 0. The predicted octanol–water partition coefficient (Wildman–Crippen LogP) is -0.311. The van der Waals surface area contributed by atoms with Gasteiger partial charge >= 0.3 is 19.5 Å². The molecule has 0 bridgehead atoms. The summed E-state index contributed by atoms with van der Waals surface area (Å²) in [5, 5.41) is 59.0. The molecule has 0 radical (unpaired) electrons. The molecule has 0 aliphatic rings. The molecule has 0 aromatic carbocycles. The van der Waals surface area contributed by atoms with Crippen molar-refractivity contribution < 1.29 is 39.8 Å². The van der Waals surface area contributed by atoms with E-state index in [9.17, 15) is 0 Å². The molecule has 0 amide bonds. The van der Waals surface area contributed by atoms with Gasteiger partial charge in [-0.25, -0.2) is 0 Å². The van der Waals surface area contributed by atoms with Crippen LogP contribution in [0.4, 0.5) is 0 Å². The van der Waals surface area contributed by atoms with Crippen molar-refractivity contribution in [3.63, 3.8) is 0 Å². The van der Waals surface area contributed by atoms with Crippen molar-refractivity contribution in [2.24, 2.45) is 0 Å². The van der Waals surface area contributed by atoms with Crippen LogP contribution in [0.3, 0.4) is 0 Å². The van der Waals surface area contributed by atoms with E-state index in [2.05, 4.69) is 0 Å². The van der Waals surface area contributed by atoms with Crippen LogP contribution in [0.1, 0.15) is 0 Å². The second-order valence-corrected chi connectivity index (χ2v) is 0.894. The van der Waals surface area contributed by atoms with Crippen molar-refractivity contribution in [3.8, 4) is 0 Å². The monoisotopic (exact) mass is 418 g/mol. The molecule has 21 heavy (non-hydrogen) atoms. The quantitative estimate of drug-likeness (QED) is 0.223. The summed E-state index contributed by atoms with van der Waals surface area (Å²) in [6, 6.07) is 0. The van der Waals surface area contributed by atoms with Gasteiger partial charge in [0.05, 0.1) is 20.3 Å². The topological polar surface area (TPSA) is 405 Å². The van der Waals surface area contributed by atoms with E-state index in [4.69, 9.17) is 61.3 Å². The largest absolute Gasteiger partial charge is 4.00 e. The Kier molecular flexibility index (Phi) is 161. The Bertz CT molecular complexity index is 165. The minimum atomic E-state index is -1.75. The zero-order valence-corrected chi connectivity index (χ0v) is 11.6. The van der Waals surface area contributed by atoms with E-state index in [-0.39, 0.29) is 44.1 Å². The van der Waals surface area contributed by atoms with Gasteiger partial charge in [-0.15, -0.1) is 0 Å². The standard InChI is InChI=1S/4NO3.4H3N.Ru/c4*2-1(3)4;;;;;/h;;;;4*1H3;/q4*-1;;;;;+4.